The molecule has 7 aromatic rings. The summed E-state index contributed by atoms with van der Waals surface area (Å²) in [7, 11) is 0. The van der Waals surface area contributed by atoms with Gasteiger partial charge in [0.2, 0.25) is 0 Å². The van der Waals surface area contributed by atoms with Crippen LogP contribution in [0.25, 0.3) is 49.7 Å². The third kappa shape index (κ3) is 6.24. The van der Waals surface area contributed by atoms with E-state index in [1.165, 1.54) is 54.5 Å². The van der Waals surface area contributed by atoms with Crippen LogP contribution in [0.5, 0.6) is 0 Å². The molecule has 258 valence electrons. The van der Waals surface area contributed by atoms with Gasteiger partial charge in [-0.05, 0) is 77.2 Å². The number of aromatic nitrogens is 1. The molecule has 0 saturated carbocycles. The van der Waals surface area contributed by atoms with Crippen molar-refractivity contribution in [2.45, 2.75) is 28.0 Å². The third-order valence-electron chi connectivity index (χ3n) is 10.4. The van der Waals surface area contributed by atoms with Crippen LogP contribution in [0, 0.1) is 0 Å². The van der Waals surface area contributed by atoms with Crippen molar-refractivity contribution < 1.29 is 0 Å². The summed E-state index contributed by atoms with van der Waals surface area (Å²) < 4.78 is 2.41. The summed E-state index contributed by atoms with van der Waals surface area (Å²) in [5.74, 6) is 0. The fourth-order valence-electron chi connectivity index (χ4n) is 8.12. The van der Waals surface area contributed by atoms with Crippen LogP contribution in [0.2, 0.25) is 0 Å². The Labute approximate surface area is 322 Å². The number of benzene rings is 6. The number of nitrogens with zero attached hydrogens (tertiary/aromatic N) is 1. The molecule has 1 nitrogen and oxygen atoms in total. The second kappa shape index (κ2) is 15.2. The van der Waals surface area contributed by atoms with E-state index in [9.17, 15) is 0 Å². The first-order valence-electron chi connectivity index (χ1n) is 18.1. The van der Waals surface area contributed by atoms with Crippen molar-refractivity contribution in [3.63, 3.8) is 0 Å². The van der Waals surface area contributed by atoms with Crippen LogP contribution in [0.1, 0.15) is 24.0 Å². The summed E-state index contributed by atoms with van der Waals surface area (Å²) in [6.45, 7) is 3.94. The maximum absolute atomic E-state index is 5.44. The van der Waals surface area contributed by atoms with E-state index < -0.39 is 5.41 Å². The number of thioether (sulfide) groups is 1. The lowest BCUT2D eigenvalue weighted by Crippen LogP contribution is -2.31. The third-order valence-corrected chi connectivity index (χ3v) is 11.5. The Morgan fingerprint density at radius 3 is 2.21 bits per heavy atom. The van der Waals surface area contributed by atoms with Crippen molar-refractivity contribution >= 4 is 46.2 Å². The maximum atomic E-state index is 5.44. The predicted octanol–water partition coefficient (Wildman–Crippen LogP) is 14.0. The Bertz CT molecular complexity index is 2570. The highest BCUT2D eigenvalue weighted by atomic mass is 32.2. The van der Waals surface area contributed by atoms with E-state index in [0.29, 0.717) is 0 Å². The molecule has 1 aliphatic rings. The summed E-state index contributed by atoms with van der Waals surface area (Å²) in [5, 5.41) is 2.48. The molecule has 1 aromatic heterocycles. The highest BCUT2D eigenvalue weighted by Crippen LogP contribution is 2.52. The molecule has 0 aliphatic heterocycles. The number of hydrogen-bond donors (Lipinski definition) is 1. The molecule has 3 heteroatoms. The van der Waals surface area contributed by atoms with Gasteiger partial charge in [-0.3, -0.25) is 0 Å². The van der Waals surface area contributed by atoms with Gasteiger partial charge in [0.05, 0.1) is 16.4 Å². The number of para-hydroxylation sites is 3. The minimum Gasteiger partial charge on any atom is -0.309 e. The lowest BCUT2D eigenvalue weighted by atomic mass is 9.64. The van der Waals surface area contributed by atoms with Crippen molar-refractivity contribution in [2.75, 3.05) is 6.26 Å². The Morgan fingerprint density at radius 1 is 0.717 bits per heavy atom. The molecule has 1 atom stereocenters. The second-order valence-electron chi connectivity index (χ2n) is 13.3. The monoisotopic (exact) mass is 719 g/mol. The number of thiol groups is 1. The number of hydrogen-bond acceptors (Lipinski definition) is 2. The van der Waals surface area contributed by atoms with Crippen molar-refractivity contribution in [3.05, 3.63) is 211 Å². The Morgan fingerprint density at radius 2 is 1.45 bits per heavy atom. The van der Waals surface area contributed by atoms with Gasteiger partial charge in [-0.2, -0.15) is 0 Å². The van der Waals surface area contributed by atoms with Gasteiger partial charge in [0.25, 0.3) is 0 Å². The molecule has 0 radical (unpaired) electrons. The van der Waals surface area contributed by atoms with E-state index in [1.54, 1.807) is 11.8 Å². The second-order valence-corrected chi connectivity index (χ2v) is 14.6. The van der Waals surface area contributed by atoms with Gasteiger partial charge in [-0.25, -0.2) is 0 Å². The molecule has 1 unspecified atom stereocenters. The van der Waals surface area contributed by atoms with E-state index in [2.05, 4.69) is 193 Å². The van der Waals surface area contributed by atoms with Gasteiger partial charge in [0.1, 0.15) is 0 Å². The smallest absolute Gasteiger partial charge is 0.0626 e. The number of rotatable bonds is 10. The summed E-state index contributed by atoms with van der Waals surface area (Å²) in [6.07, 6.45) is 21.4. The summed E-state index contributed by atoms with van der Waals surface area (Å²) >= 11 is 7.24. The molecule has 53 heavy (non-hydrogen) atoms. The molecular formula is C50H41NS2. The van der Waals surface area contributed by atoms with Gasteiger partial charge < -0.3 is 4.57 Å². The molecule has 8 rings (SSSR count). The molecule has 0 saturated heterocycles. The van der Waals surface area contributed by atoms with E-state index >= 15 is 0 Å². The Hall–Kier alpha value is -5.48. The molecule has 0 N–H and O–H groups in total. The largest absolute Gasteiger partial charge is 0.309 e. The van der Waals surface area contributed by atoms with Crippen LogP contribution in [0.15, 0.2) is 210 Å². The average molecular weight is 720 g/mol. The minimum absolute atomic E-state index is 0.610. The van der Waals surface area contributed by atoms with Gasteiger partial charge in [-0.15, -0.1) is 24.4 Å². The average Bonchev–Trinajstić information content (AvgIpc) is 3.57. The van der Waals surface area contributed by atoms with Crippen molar-refractivity contribution in [2.24, 2.45) is 0 Å². The number of fused-ring (bicyclic) bond motifs is 3. The lowest BCUT2D eigenvalue weighted by molar-refractivity contribution is 0.677. The minimum atomic E-state index is -0.610. The van der Waals surface area contributed by atoms with Gasteiger partial charge in [-0.1, -0.05) is 170 Å². The fraction of sp³-hybridized carbons (Fsp3) is 0.0800. The van der Waals surface area contributed by atoms with E-state index in [0.717, 1.165) is 34.6 Å². The Kier molecular flexibility index (Phi) is 9.95. The lowest BCUT2D eigenvalue weighted by Gasteiger charge is -2.39. The molecule has 0 fully saturated rings. The highest BCUT2D eigenvalue weighted by Gasteiger charge is 2.40. The van der Waals surface area contributed by atoms with Crippen LogP contribution in [-0.4, -0.2) is 10.8 Å². The molecule has 1 aliphatic carbocycles. The maximum Gasteiger partial charge on any atom is 0.0626 e. The summed E-state index contributed by atoms with van der Waals surface area (Å²) in [4.78, 5) is 2.19. The van der Waals surface area contributed by atoms with Crippen LogP contribution in [0.3, 0.4) is 0 Å². The van der Waals surface area contributed by atoms with E-state index in [1.807, 2.05) is 12.2 Å². The van der Waals surface area contributed by atoms with Gasteiger partial charge >= 0.3 is 0 Å². The molecular weight excluding hydrogens is 679 g/mol. The predicted molar refractivity (Wildman–Crippen MR) is 233 cm³/mol. The normalized spacial score (nSPS) is 14.3. The molecule has 1 heterocycles. The summed E-state index contributed by atoms with van der Waals surface area (Å²) in [6, 6.07) is 50.5. The molecule has 0 bridgehead atoms. The number of allylic oxidation sites excluding steroid dienone is 9. The molecule has 0 spiro atoms. The molecule has 0 amide bonds. The first-order valence-corrected chi connectivity index (χ1v) is 19.8. The fourth-order valence-corrected chi connectivity index (χ4v) is 9.20. The zero-order valence-corrected chi connectivity index (χ0v) is 31.5. The summed E-state index contributed by atoms with van der Waals surface area (Å²) in [5.41, 5.74) is 11.4. The van der Waals surface area contributed by atoms with Crippen LogP contribution < -0.4 is 0 Å². The van der Waals surface area contributed by atoms with Crippen LogP contribution in [0.4, 0.5) is 0 Å². The SMILES string of the molecule is C=C/C=C\C=C/C(C1=CC=CCC1)(c1ccc(-c2cccc3c4ccccc4n(-c4ccccc4)c23)cc1S)c1c(SC)cccc1-c1ccccc1. The van der Waals surface area contributed by atoms with Crippen molar-refractivity contribution in [1.82, 2.24) is 4.57 Å². The zero-order chi connectivity index (χ0) is 36.2. The standard InChI is InChI=1S/C50H41NS2/c1-3-4-5-17-34-50(38-22-11-7-12-23-38,48-40(27-19-31-47(48)53-2)36-20-9-6-10-21-36)44-33-32-37(35-46(44)52)41-28-18-29-43-42-26-15-16-30-45(42)51(49(41)43)39-24-13-8-14-25-39/h3-11,13-22,24-35,52H,1,12,23H2,2H3/b5-4-,34-17-. The van der Waals surface area contributed by atoms with Crippen molar-refractivity contribution in [1.29, 1.82) is 0 Å². The van der Waals surface area contributed by atoms with Crippen LogP contribution in [-0.2, 0) is 5.41 Å². The Balaban J connectivity index is 1.42. The first-order chi connectivity index (χ1) is 26.2. The quantitative estimate of drug-likeness (QED) is 0.0838. The highest BCUT2D eigenvalue weighted by molar-refractivity contribution is 7.98. The van der Waals surface area contributed by atoms with Crippen LogP contribution >= 0.6 is 24.4 Å². The first kappa shape index (κ1) is 34.6. The van der Waals surface area contributed by atoms with Crippen molar-refractivity contribution in [3.8, 4) is 27.9 Å². The van der Waals surface area contributed by atoms with E-state index in [4.69, 9.17) is 12.6 Å². The van der Waals surface area contributed by atoms with E-state index in [-0.39, 0.29) is 0 Å². The molecule has 6 aromatic carbocycles. The topological polar surface area (TPSA) is 4.93 Å². The van der Waals surface area contributed by atoms with Gasteiger partial charge in [0, 0.05) is 31.8 Å². The zero-order valence-electron chi connectivity index (χ0n) is 29.8. The van der Waals surface area contributed by atoms with Gasteiger partial charge in [0.15, 0.2) is 0 Å².